The van der Waals surface area contributed by atoms with Gasteiger partial charge in [0.05, 0.1) is 36.8 Å². The van der Waals surface area contributed by atoms with Crippen LogP contribution in [0.25, 0.3) is 28.4 Å². The van der Waals surface area contributed by atoms with Gasteiger partial charge >= 0.3 is 5.97 Å². The van der Waals surface area contributed by atoms with Crippen LogP contribution >= 0.6 is 0 Å². The Labute approximate surface area is 193 Å². The summed E-state index contributed by atoms with van der Waals surface area (Å²) in [6.07, 6.45) is 3.20. The van der Waals surface area contributed by atoms with E-state index < -0.39 is 17.6 Å². The molecule has 0 radical (unpaired) electrons. The van der Waals surface area contributed by atoms with Crippen LogP contribution in [0, 0.1) is 18.6 Å². The van der Waals surface area contributed by atoms with Gasteiger partial charge in [-0.15, -0.1) is 0 Å². The lowest BCUT2D eigenvalue weighted by molar-refractivity contribution is 0.0286. The number of imidazole rings is 1. The number of methoxy groups -OCH3 is 1. The average molecular weight is 468 g/mol. The summed E-state index contributed by atoms with van der Waals surface area (Å²) >= 11 is 0. The van der Waals surface area contributed by atoms with Gasteiger partial charge in [-0.3, -0.25) is 0 Å². The van der Waals surface area contributed by atoms with Crippen molar-refractivity contribution in [3.63, 3.8) is 0 Å². The van der Waals surface area contributed by atoms with Gasteiger partial charge in [0, 0.05) is 31.3 Å². The monoisotopic (exact) mass is 468 g/mol. The number of esters is 1. The number of aromatic nitrogens is 3. The molecule has 1 aromatic carbocycles. The highest BCUT2D eigenvalue weighted by atomic mass is 19.1. The summed E-state index contributed by atoms with van der Waals surface area (Å²) in [5.74, 6) is -2.46. The van der Waals surface area contributed by atoms with Crippen molar-refractivity contribution >= 4 is 11.6 Å². The Kier molecular flexibility index (Phi) is 5.84. The number of ether oxygens (including phenoxy) is 2. The second-order valence-corrected chi connectivity index (χ2v) is 8.08. The number of pyridine rings is 1. The summed E-state index contributed by atoms with van der Waals surface area (Å²) < 4.78 is 48.3. The van der Waals surface area contributed by atoms with Crippen LogP contribution in [0.5, 0.6) is 0 Å². The lowest BCUT2D eigenvalue weighted by Crippen LogP contribution is -2.39. The normalized spacial score (nSPS) is 16.2. The molecule has 0 saturated carbocycles. The first-order valence-corrected chi connectivity index (χ1v) is 10.8. The molecular formula is C24H22F2N4O4. The van der Waals surface area contributed by atoms with E-state index in [0.29, 0.717) is 30.9 Å². The van der Waals surface area contributed by atoms with Crippen LogP contribution in [-0.2, 0) is 15.9 Å². The summed E-state index contributed by atoms with van der Waals surface area (Å²) in [6.45, 7) is 3.89. The predicted molar refractivity (Wildman–Crippen MR) is 118 cm³/mol. The van der Waals surface area contributed by atoms with Crippen LogP contribution in [-0.4, -0.2) is 53.2 Å². The van der Waals surface area contributed by atoms with Crippen molar-refractivity contribution in [3.05, 3.63) is 65.3 Å². The van der Waals surface area contributed by atoms with Crippen molar-refractivity contribution in [2.75, 3.05) is 26.8 Å². The Hall–Kier alpha value is -3.63. The first kappa shape index (κ1) is 22.2. The lowest BCUT2D eigenvalue weighted by atomic mass is 10.0. The molecule has 1 N–H and O–H groups in total. The summed E-state index contributed by atoms with van der Waals surface area (Å²) in [5, 5.41) is 3.27. The van der Waals surface area contributed by atoms with E-state index in [1.807, 2.05) is 29.7 Å². The smallest absolute Gasteiger partial charge is 0.360 e. The van der Waals surface area contributed by atoms with Crippen LogP contribution < -0.4 is 5.32 Å². The maximum Gasteiger partial charge on any atom is 0.360 e. The third-order valence-corrected chi connectivity index (χ3v) is 5.73. The molecule has 0 bridgehead atoms. The SMILES string of the molecule is COC(=O)c1coc(-c2cc(F)c(-c3nc4cc(C)ccn4c3C[C@H]3CNCCO3)c(F)c2)n1. The molecule has 176 valence electrons. The quantitative estimate of drug-likeness (QED) is 0.448. The van der Waals surface area contributed by atoms with Crippen molar-refractivity contribution < 1.29 is 27.5 Å². The molecule has 4 heterocycles. The minimum absolute atomic E-state index is 0.0508. The van der Waals surface area contributed by atoms with Gasteiger partial charge in [-0.2, -0.15) is 0 Å². The zero-order valence-corrected chi connectivity index (χ0v) is 18.6. The molecule has 1 saturated heterocycles. The molecule has 0 aliphatic carbocycles. The van der Waals surface area contributed by atoms with E-state index in [2.05, 4.69) is 20.0 Å². The van der Waals surface area contributed by atoms with Gasteiger partial charge in [0.15, 0.2) is 5.69 Å². The zero-order valence-electron chi connectivity index (χ0n) is 18.6. The second kappa shape index (κ2) is 8.96. The van der Waals surface area contributed by atoms with Gasteiger partial charge in [0.25, 0.3) is 0 Å². The highest BCUT2D eigenvalue weighted by molar-refractivity contribution is 5.87. The fourth-order valence-electron chi connectivity index (χ4n) is 4.09. The third-order valence-electron chi connectivity index (χ3n) is 5.73. The van der Waals surface area contributed by atoms with Gasteiger partial charge in [-0.05, 0) is 36.8 Å². The minimum Gasteiger partial charge on any atom is -0.464 e. The lowest BCUT2D eigenvalue weighted by Gasteiger charge is -2.24. The molecule has 10 heteroatoms. The van der Waals surface area contributed by atoms with Crippen molar-refractivity contribution in [1.82, 2.24) is 19.7 Å². The Balaban J connectivity index is 1.59. The number of carbonyl (C=O) groups is 1. The number of hydrogen-bond donors (Lipinski definition) is 1. The standard InChI is InChI=1S/C24H22F2N4O4/c1-13-3-5-30-19(10-15-11-27-4-6-33-15)22(29-20(30)7-13)21-16(25)8-14(9-17(21)26)23-28-18(12-34-23)24(31)32-2/h3,5,7-9,12,15,27H,4,6,10-11H2,1-2H3/t15-/m0/s1. The first-order chi connectivity index (χ1) is 16.4. The molecule has 8 nitrogen and oxygen atoms in total. The van der Waals surface area contributed by atoms with Crippen molar-refractivity contribution in [1.29, 1.82) is 0 Å². The summed E-state index contributed by atoms with van der Waals surface area (Å²) in [6, 6.07) is 6.00. The molecule has 1 fully saturated rings. The average Bonchev–Trinajstić information content (AvgIpc) is 3.44. The molecule has 4 aromatic rings. The van der Waals surface area contributed by atoms with Gasteiger partial charge in [0.1, 0.15) is 23.5 Å². The number of aryl methyl sites for hydroxylation is 1. The molecule has 3 aromatic heterocycles. The largest absolute Gasteiger partial charge is 0.464 e. The van der Waals surface area contributed by atoms with E-state index in [-0.39, 0.29) is 34.5 Å². The number of fused-ring (bicyclic) bond motifs is 1. The summed E-state index contributed by atoms with van der Waals surface area (Å²) in [7, 11) is 1.20. The zero-order chi connectivity index (χ0) is 23.8. The first-order valence-electron chi connectivity index (χ1n) is 10.8. The van der Waals surface area contributed by atoms with E-state index in [9.17, 15) is 4.79 Å². The number of nitrogens with zero attached hydrogens (tertiary/aromatic N) is 3. The Bertz CT molecular complexity index is 1350. The predicted octanol–water partition coefficient (Wildman–Crippen LogP) is 3.56. The Morgan fingerprint density at radius 3 is 2.76 bits per heavy atom. The summed E-state index contributed by atoms with van der Waals surface area (Å²) in [5.41, 5.74) is 2.14. The van der Waals surface area contributed by atoms with E-state index in [4.69, 9.17) is 9.15 Å². The van der Waals surface area contributed by atoms with Crippen molar-refractivity contribution in [2.45, 2.75) is 19.4 Å². The van der Waals surface area contributed by atoms with E-state index in [0.717, 1.165) is 30.5 Å². The van der Waals surface area contributed by atoms with Gasteiger partial charge < -0.3 is 23.6 Å². The van der Waals surface area contributed by atoms with Crippen LogP contribution in [0.15, 0.2) is 41.1 Å². The number of morpholine rings is 1. The van der Waals surface area contributed by atoms with Crippen LogP contribution in [0.4, 0.5) is 8.78 Å². The fourth-order valence-corrected chi connectivity index (χ4v) is 4.09. The van der Waals surface area contributed by atoms with E-state index in [1.165, 1.54) is 7.11 Å². The number of benzene rings is 1. The molecule has 1 atom stereocenters. The summed E-state index contributed by atoms with van der Waals surface area (Å²) in [4.78, 5) is 20.2. The van der Waals surface area contributed by atoms with Crippen molar-refractivity contribution in [2.24, 2.45) is 0 Å². The van der Waals surface area contributed by atoms with Gasteiger partial charge in [0.2, 0.25) is 5.89 Å². The number of hydrogen-bond acceptors (Lipinski definition) is 7. The van der Waals surface area contributed by atoms with E-state index >= 15 is 8.78 Å². The maximum atomic E-state index is 15.4. The molecule has 0 amide bonds. The Morgan fingerprint density at radius 1 is 1.26 bits per heavy atom. The molecule has 0 spiro atoms. The molecule has 0 unspecified atom stereocenters. The van der Waals surface area contributed by atoms with Crippen LogP contribution in [0.1, 0.15) is 21.7 Å². The number of rotatable bonds is 5. The Morgan fingerprint density at radius 2 is 2.06 bits per heavy atom. The molecular weight excluding hydrogens is 446 g/mol. The molecule has 1 aliphatic rings. The van der Waals surface area contributed by atoms with Crippen LogP contribution in [0.3, 0.4) is 0 Å². The number of halogens is 2. The number of carbonyl (C=O) groups excluding carboxylic acids is 1. The maximum absolute atomic E-state index is 15.4. The molecule has 5 rings (SSSR count). The van der Waals surface area contributed by atoms with Crippen molar-refractivity contribution in [3.8, 4) is 22.7 Å². The molecule has 34 heavy (non-hydrogen) atoms. The van der Waals surface area contributed by atoms with Crippen LogP contribution in [0.2, 0.25) is 0 Å². The fraction of sp³-hybridized carbons (Fsp3) is 0.292. The number of nitrogens with one attached hydrogen (secondary N) is 1. The topological polar surface area (TPSA) is 90.9 Å². The van der Waals surface area contributed by atoms with Gasteiger partial charge in [-0.25, -0.2) is 23.5 Å². The van der Waals surface area contributed by atoms with Gasteiger partial charge in [-0.1, -0.05) is 0 Å². The second-order valence-electron chi connectivity index (χ2n) is 8.08. The third kappa shape index (κ3) is 4.06. The van der Waals surface area contributed by atoms with E-state index in [1.54, 1.807) is 0 Å². The number of oxazole rings is 1. The highest BCUT2D eigenvalue weighted by Crippen LogP contribution is 2.34. The highest BCUT2D eigenvalue weighted by Gasteiger charge is 2.26. The minimum atomic E-state index is -0.822. The molecule has 1 aliphatic heterocycles.